The third-order valence-corrected chi connectivity index (χ3v) is 4.80. The number of carbonyl (C=O) groups excluding carboxylic acids is 1. The summed E-state index contributed by atoms with van der Waals surface area (Å²) in [5.74, 6) is -2.10. The number of amides is 1. The van der Waals surface area contributed by atoms with Crippen molar-refractivity contribution >= 4 is 11.6 Å². The number of hydrazone groups is 1. The zero-order valence-corrected chi connectivity index (χ0v) is 13.4. The van der Waals surface area contributed by atoms with Crippen molar-refractivity contribution in [3.8, 4) is 0 Å². The molecule has 1 aliphatic heterocycles. The number of rotatable bonds is 2. The van der Waals surface area contributed by atoms with E-state index in [1.807, 2.05) is 0 Å². The van der Waals surface area contributed by atoms with Crippen LogP contribution in [0, 0.1) is 11.7 Å². The molecule has 0 spiro atoms. The van der Waals surface area contributed by atoms with Crippen LogP contribution in [0.1, 0.15) is 48.9 Å². The fourth-order valence-corrected chi connectivity index (χ4v) is 3.41. The van der Waals surface area contributed by atoms with Gasteiger partial charge in [0.05, 0.1) is 0 Å². The van der Waals surface area contributed by atoms with Crippen molar-refractivity contribution in [1.82, 2.24) is 5.01 Å². The predicted molar refractivity (Wildman–Crippen MR) is 82.2 cm³/mol. The molecule has 0 unspecified atom stereocenters. The van der Waals surface area contributed by atoms with E-state index >= 15 is 0 Å². The average Bonchev–Trinajstić information content (AvgIpc) is 2.94. The molecule has 8 heteroatoms. The summed E-state index contributed by atoms with van der Waals surface area (Å²) in [6.45, 7) is 0. The summed E-state index contributed by atoms with van der Waals surface area (Å²) in [6.07, 6.45) is -1.68. The van der Waals surface area contributed by atoms with Gasteiger partial charge in [0.25, 0.3) is 11.6 Å². The lowest BCUT2D eigenvalue weighted by Gasteiger charge is -2.32. The van der Waals surface area contributed by atoms with E-state index in [-0.39, 0.29) is 22.2 Å². The molecule has 1 saturated carbocycles. The summed E-state index contributed by atoms with van der Waals surface area (Å²) in [4.78, 5) is 12.5. The molecule has 4 nitrogen and oxygen atoms in total. The Morgan fingerprint density at radius 3 is 2.52 bits per heavy atom. The molecule has 1 N–H and O–H groups in total. The Hall–Kier alpha value is -1.96. The number of aliphatic hydroxyl groups is 1. The van der Waals surface area contributed by atoms with Crippen molar-refractivity contribution < 1.29 is 27.5 Å². The van der Waals surface area contributed by atoms with E-state index in [9.17, 15) is 27.5 Å². The molecule has 2 aliphatic rings. The van der Waals surface area contributed by atoms with Gasteiger partial charge in [-0.1, -0.05) is 25.3 Å². The molecule has 136 valence electrons. The van der Waals surface area contributed by atoms with Crippen LogP contribution in [-0.4, -0.2) is 33.6 Å². The third-order valence-electron chi connectivity index (χ3n) is 4.80. The van der Waals surface area contributed by atoms with E-state index in [1.165, 1.54) is 12.1 Å². The van der Waals surface area contributed by atoms with Gasteiger partial charge in [-0.25, -0.2) is 4.39 Å². The smallest absolute Gasteiger partial charge is 0.362 e. The molecule has 0 aromatic heterocycles. The lowest BCUT2D eigenvalue weighted by atomic mass is 9.83. The van der Waals surface area contributed by atoms with E-state index in [0.29, 0.717) is 12.8 Å². The highest BCUT2D eigenvalue weighted by Crippen LogP contribution is 2.43. The molecule has 1 heterocycles. The molecule has 1 aliphatic carbocycles. The Labute approximate surface area is 142 Å². The average molecular weight is 358 g/mol. The second-order valence-electron chi connectivity index (χ2n) is 6.54. The molecule has 0 radical (unpaired) electrons. The second kappa shape index (κ2) is 6.40. The summed E-state index contributed by atoms with van der Waals surface area (Å²) in [5.41, 5.74) is -3.51. The van der Waals surface area contributed by atoms with Gasteiger partial charge in [-0.15, -0.1) is 0 Å². The summed E-state index contributed by atoms with van der Waals surface area (Å²) in [6, 6.07) is 4.31. The first-order chi connectivity index (χ1) is 11.7. The first-order valence-electron chi connectivity index (χ1n) is 8.19. The topological polar surface area (TPSA) is 52.9 Å². The van der Waals surface area contributed by atoms with Crippen LogP contribution in [0.3, 0.4) is 0 Å². The van der Waals surface area contributed by atoms with Gasteiger partial charge in [-0.2, -0.15) is 23.3 Å². The number of hydrogen-bond donors (Lipinski definition) is 1. The summed E-state index contributed by atoms with van der Waals surface area (Å²) >= 11 is 0. The minimum absolute atomic E-state index is 0.0751. The SMILES string of the molecule is O=C(c1cccc(F)c1)N1N=C(C2CCCCC2)C[C@]1(O)C(F)(F)F. The van der Waals surface area contributed by atoms with Gasteiger partial charge in [0.2, 0.25) is 0 Å². The summed E-state index contributed by atoms with van der Waals surface area (Å²) in [5, 5.41) is 14.2. The minimum atomic E-state index is -5.07. The van der Waals surface area contributed by atoms with Gasteiger partial charge in [-0.3, -0.25) is 4.79 Å². The van der Waals surface area contributed by atoms with Crippen molar-refractivity contribution in [2.75, 3.05) is 0 Å². The number of hydrogen-bond acceptors (Lipinski definition) is 3. The van der Waals surface area contributed by atoms with E-state index in [4.69, 9.17) is 0 Å². The molecule has 1 aromatic rings. The molecule has 0 saturated heterocycles. The summed E-state index contributed by atoms with van der Waals surface area (Å²) < 4.78 is 53.8. The molecular weight excluding hydrogens is 340 g/mol. The fraction of sp³-hybridized carbons (Fsp3) is 0.529. The second-order valence-corrected chi connectivity index (χ2v) is 6.54. The van der Waals surface area contributed by atoms with Crippen molar-refractivity contribution in [2.45, 2.75) is 50.4 Å². The minimum Gasteiger partial charge on any atom is -0.362 e. The highest BCUT2D eigenvalue weighted by atomic mass is 19.4. The van der Waals surface area contributed by atoms with Gasteiger partial charge in [0, 0.05) is 17.7 Å². The predicted octanol–water partition coefficient (Wildman–Crippen LogP) is 3.86. The lowest BCUT2D eigenvalue weighted by molar-refractivity contribution is -0.297. The van der Waals surface area contributed by atoms with Crippen LogP contribution in [0.25, 0.3) is 0 Å². The molecule has 0 bridgehead atoms. The number of alkyl halides is 3. The van der Waals surface area contributed by atoms with Crippen molar-refractivity contribution in [3.05, 3.63) is 35.6 Å². The molecule has 1 amide bonds. The van der Waals surface area contributed by atoms with Gasteiger partial charge < -0.3 is 5.11 Å². The maximum Gasteiger partial charge on any atom is 0.438 e. The standard InChI is InChI=1S/C17H18F4N2O2/c18-13-8-4-7-12(9-13)15(24)23-16(25,17(19,20)21)10-14(22-23)11-5-2-1-3-6-11/h4,7-9,11,25H,1-3,5-6,10H2/t16-/m0/s1. The Balaban J connectivity index is 1.96. The lowest BCUT2D eigenvalue weighted by Crippen LogP contribution is -2.56. The Morgan fingerprint density at radius 1 is 1.24 bits per heavy atom. The molecule has 3 rings (SSSR count). The highest BCUT2D eigenvalue weighted by Gasteiger charge is 2.63. The number of halogens is 4. The monoisotopic (exact) mass is 358 g/mol. The Morgan fingerprint density at radius 2 is 1.92 bits per heavy atom. The van der Waals surface area contributed by atoms with Crippen LogP contribution in [0.5, 0.6) is 0 Å². The maximum absolute atomic E-state index is 13.5. The largest absolute Gasteiger partial charge is 0.438 e. The van der Waals surface area contributed by atoms with Crippen LogP contribution in [-0.2, 0) is 0 Å². The van der Waals surface area contributed by atoms with E-state index in [2.05, 4.69) is 5.10 Å². The van der Waals surface area contributed by atoms with Gasteiger partial charge in [0.15, 0.2) is 0 Å². The van der Waals surface area contributed by atoms with Crippen LogP contribution in [0.4, 0.5) is 17.6 Å². The van der Waals surface area contributed by atoms with Crippen molar-refractivity contribution in [1.29, 1.82) is 0 Å². The van der Waals surface area contributed by atoms with Crippen LogP contribution >= 0.6 is 0 Å². The number of benzene rings is 1. The Bertz CT molecular complexity index is 698. The van der Waals surface area contributed by atoms with Gasteiger partial charge >= 0.3 is 6.18 Å². The zero-order valence-electron chi connectivity index (χ0n) is 13.4. The number of carbonyl (C=O) groups is 1. The van der Waals surface area contributed by atoms with Crippen LogP contribution in [0.15, 0.2) is 29.4 Å². The van der Waals surface area contributed by atoms with Gasteiger partial charge in [0.1, 0.15) is 5.82 Å². The van der Waals surface area contributed by atoms with Crippen molar-refractivity contribution in [2.24, 2.45) is 11.0 Å². The molecular formula is C17H18F4N2O2. The quantitative estimate of drug-likeness (QED) is 0.817. The third kappa shape index (κ3) is 3.27. The Kier molecular flexibility index (Phi) is 4.57. The van der Waals surface area contributed by atoms with Crippen LogP contribution in [0.2, 0.25) is 0 Å². The highest BCUT2D eigenvalue weighted by molar-refractivity contribution is 5.99. The number of nitrogens with zero attached hydrogens (tertiary/aromatic N) is 2. The van der Waals surface area contributed by atoms with E-state index in [0.717, 1.165) is 31.4 Å². The molecule has 1 fully saturated rings. The normalized spacial score (nSPS) is 25.2. The first kappa shape index (κ1) is 17.8. The van der Waals surface area contributed by atoms with Gasteiger partial charge in [-0.05, 0) is 37.0 Å². The maximum atomic E-state index is 13.5. The van der Waals surface area contributed by atoms with E-state index < -0.39 is 30.0 Å². The molecule has 1 aromatic carbocycles. The molecule has 25 heavy (non-hydrogen) atoms. The van der Waals surface area contributed by atoms with E-state index in [1.54, 1.807) is 0 Å². The summed E-state index contributed by atoms with van der Waals surface area (Å²) in [7, 11) is 0. The zero-order chi connectivity index (χ0) is 18.2. The molecule has 1 atom stereocenters. The first-order valence-corrected chi connectivity index (χ1v) is 8.19. The fourth-order valence-electron chi connectivity index (χ4n) is 3.41. The van der Waals surface area contributed by atoms with Crippen LogP contribution < -0.4 is 0 Å². The van der Waals surface area contributed by atoms with Crippen molar-refractivity contribution in [3.63, 3.8) is 0 Å².